The van der Waals surface area contributed by atoms with Crippen LogP contribution in [-0.4, -0.2) is 17.5 Å². The second-order valence-electron chi connectivity index (χ2n) is 4.72. The van der Waals surface area contributed by atoms with E-state index < -0.39 is 11.6 Å². The fraction of sp³-hybridized carbons (Fsp3) is 0.538. The molecule has 0 amide bonds. The Labute approximate surface area is 95.1 Å². The fourth-order valence-electron chi connectivity index (χ4n) is 2.63. The first-order chi connectivity index (χ1) is 7.50. The zero-order valence-electron chi connectivity index (χ0n) is 9.93. The summed E-state index contributed by atoms with van der Waals surface area (Å²) in [6.07, 6.45) is 0.729. The SMILES string of the molecule is CC(C)N1CCc2cc(F)cc(F)c2C1C. The number of rotatable bonds is 1. The number of hydrogen-bond donors (Lipinski definition) is 0. The molecule has 0 N–H and O–H groups in total. The summed E-state index contributed by atoms with van der Waals surface area (Å²) in [5, 5.41) is 0. The summed E-state index contributed by atoms with van der Waals surface area (Å²) in [4.78, 5) is 2.24. The van der Waals surface area contributed by atoms with Gasteiger partial charge in [0.25, 0.3) is 0 Å². The van der Waals surface area contributed by atoms with E-state index >= 15 is 0 Å². The van der Waals surface area contributed by atoms with Crippen molar-refractivity contribution in [2.75, 3.05) is 6.54 Å². The minimum absolute atomic E-state index is 0.0318. The molecule has 1 heterocycles. The van der Waals surface area contributed by atoms with E-state index in [2.05, 4.69) is 18.7 Å². The van der Waals surface area contributed by atoms with Gasteiger partial charge in [-0.25, -0.2) is 8.78 Å². The van der Waals surface area contributed by atoms with Crippen LogP contribution in [0.3, 0.4) is 0 Å². The Bertz CT molecular complexity index is 401. The van der Waals surface area contributed by atoms with Gasteiger partial charge in [-0.1, -0.05) is 0 Å². The van der Waals surface area contributed by atoms with Gasteiger partial charge in [-0.15, -0.1) is 0 Å². The molecule has 1 unspecified atom stereocenters. The van der Waals surface area contributed by atoms with Crippen molar-refractivity contribution < 1.29 is 8.78 Å². The minimum Gasteiger partial charge on any atom is -0.294 e. The minimum atomic E-state index is -0.471. The van der Waals surface area contributed by atoms with Crippen LogP contribution in [0.1, 0.15) is 37.9 Å². The van der Waals surface area contributed by atoms with Crippen molar-refractivity contribution in [1.82, 2.24) is 4.90 Å². The Morgan fingerprint density at radius 2 is 2.00 bits per heavy atom. The molecule has 3 heteroatoms. The highest BCUT2D eigenvalue weighted by molar-refractivity contribution is 5.34. The van der Waals surface area contributed by atoms with Crippen LogP contribution in [0.5, 0.6) is 0 Å². The predicted molar refractivity (Wildman–Crippen MR) is 60.3 cm³/mol. The highest BCUT2D eigenvalue weighted by Crippen LogP contribution is 2.33. The summed E-state index contributed by atoms with van der Waals surface area (Å²) in [6, 6.07) is 2.86. The first kappa shape index (κ1) is 11.5. The molecule has 0 fully saturated rings. The molecule has 0 spiro atoms. The molecule has 0 saturated heterocycles. The van der Waals surface area contributed by atoms with Gasteiger partial charge in [-0.2, -0.15) is 0 Å². The van der Waals surface area contributed by atoms with Gasteiger partial charge in [0, 0.05) is 30.3 Å². The standard InChI is InChI=1S/C13H17F2N/c1-8(2)16-5-4-10-6-11(14)7-12(15)13(10)9(16)3/h6-9H,4-5H2,1-3H3. The van der Waals surface area contributed by atoms with Crippen molar-refractivity contribution in [1.29, 1.82) is 0 Å². The first-order valence-corrected chi connectivity index (χ1v) is 5.74. The zero-order chi connectivity index (χ0) is 11.9. The molecular formula is C13H17F2N. The lowest BCUT2D eigenvalue weighted by Crippen LogP contribution is -2.39. The molecular weight excluding hydrogens is 208 g/mol. The van der Waals surface area contributed by atoms with E-state index in [1.54, 1.807) is 0 Å². The molecule has 1 nitrogen and oxygen atoms in total. The number of hydrogen-bond acceptors (Lipinski definition) is 1. The lowest BCUT2D eigenvalue weighted by atomic mass is 9.92. The Balaban J connectivity index is 2.44. The van der Waals surface area contributed by atoms with Gasteiger partial charge in [-0.3, -0.25) is 4.90 Å². The van der Waals surface area contributed by atoms with Crippen molar-refractivity contribution in [3.05, 3.63) is 34.9 Å². The molecule has 1 aliphatic heterocycles. The highest BCUT2D eigenvalue weighted by Gasteiger charge is 2.28. The van der Waals surface area contributed by atoms with Crippen LogP contribution in [0.25, 0.3) is 0 Å². The van der Waals surface area contributed by atoms with E-state index in [-0.39, 0.29) is 6.04 Å². The largest absolute Gasteiger partial charge is 0.294 e. The summed E-state index contributed by atoms with van der Waals surface area (Å²) in [6.45, 7) is 7.06. The van der Waals surface area contributed by atoms with E-state index in [9.17, 15) is 8.78 Å². The fourth-order valence-corrected chi connectivity index (χ4v) is 2.63. The van der Waals surface area contributed by atoms with E-state index in [4.69, 9.17) is 0 Å². The summed E-state index contributed by atoms with van der Waals surface area (Å²) >= 11 is 0. The van der Waals surface area contributed by atoms with Crippen molar-refractivity contribution in [3.8, 4) is 0 Å². The monoisotopic (exact) mass is 225 g/mol. The van der Waals surface area contributed by atoms with Gasteiger partial charge < -0.3 is 0 Å². The molecule has 1 atom stereocenters. The third-order valence-electron chi connectivity index (χ3n) is 3.40. The highest BCUT2D eigenvalue weighted by atomic mass is 19.1. The van der Waals surface area contributed by atoms with Crippen LogP contribution in [0.4, 0.5) is 8.78 Å². The number of fused-ring (bicyclic) bond motifs is 1. The normalized spacial score (nSPS) is 21.2. The Morgan fingerprint density at radius 1 is 1.31 bits per heavy atom. The second kappa shape index (κ2) is 4.13. The topological polar surface area (TPSA) is 3.24 Å². The summed E-state index contributed by atoms with van der Waals surface area (Å²) < 4.78 is 26.8. The van der Waals surface area contributed by atoms with Crippen molar-refractivity contribution >= 4 is 0 Å². The van der Waals surface area contributed by atoms with Crippen LogP contribution < -0.4 is 0 Å². The molecule has 0 saturated carbocycles. The van der Waals surface area contributed by atoms with Gasteiger partial charge in [0.15, 0.2) is 0 Å². The number of benzene rings is 1. The van der Waals surface area contributed by atoms with E-state index in [1.807, 2.05) is 6.92 Å². The van der Waals surface area contributed by atoms with Crippen LogP contribution >= 0.6 is 0 Å². The van der Waals surface area contributed by atoms with Crippen molar-refractivity contribution in [2.24, 2.45) is 0 Å². The summed E-state index contributed by atoms with van der Waals surface area (Å²) in [5.41, 5.74) is 1.49. The molecule has 0 aromatic heterocycles. The Morgan fingerprint density at radius 3 is 2.62 bits per heavy atom. The van der Waals surface area contributed by atoms with Gasteiger partial charge in [-0.05, 0) is 38.8 Å². The van der Waals surface area contributed by atoms with Crippen molar-refractivity contribution in [3.63, 3.8) is 0 Å². The lowest BCUT2D eigenvalue weighted by molar-refractivity contribution is 0.150. The van der Waals surface area contributed by atoms with Crippen LogP contribution in [-0.2, 0) is 6.42 Å². The van der Waals surface area contributed by atoms with Crippen LogP contribution in [0.2, 0.25) is 0 Å². The average Bonchev–Trinajstić information content (AvgIpc) is 2.15. The molecule has 0 radical (unpaired) electrons. The molecule has 88 valence electrons. The first-order valence-electron chi connectivity index (χ1n) is 5.74. The number of halogens is 2. The van der Waals surface area contributed by atoms with Crippen LogP contribution in [0.15, 0.2) is 12.1 Å². The number of nitrogens with zero attached hydrogens (tertiary/aromatic N) is 1. The average molecular weight is 225 g/mol. The molecule has 1 aliphatic rings. The smallest absolute Gasteiger partial charge is 0.131 e. The molecule has 0 aliphatic carbocycles. The lowest BCUT2D eigenvalue weighted by Gasteiger charge is -2.38. The van der Waals surface area contributed by atoms with E-state index in [1.165, 1.54) is 6.07 Å². The van der Waals surface area contributed by atoms with Gasteiger partial charge in [0.2, 0.25) is 0 Å². The maximum absolute atomic E-state index is 13.8. The van der Waals surface area contributed by atoms with E-state index in [0.717, 1.165) is 24.6 Å². The summed E-state index contributed by atoms with van der Waals surface area (Å²) in [7, 11) is 0. The third kappa shape index (κ3) is 1.84. The third-order valence-corrected chi connectivity index (χ3v) is 3.40. The Kier molecular flexibility index (Phi) is 2.98. The predicted octanol–water partition coefficient (Wildman–Crippen LogP) is 3.29. The maximum Gasteiger partial charge on any atom is 0.131 e. The molecule has 1 aromatic carbocycles. The van der Waals surface area contributed by atoms with Gasteiger partial charge >= 0.3 is 0 Å². The quantitative estimate of drug-likeness (QED) is 0.709. The molecule has 1 aromatic rings. The van der Waals surface area contributed by atoms with Crippen molar-refractivity contribution in [2.45, 2.75) is 39.3 Å². The van der Waals surface area contributed by atoms with Crippen LogP contribution in [0, 0.1) is 11.6 Å². The Hall–Kier alpha value is -0.960. The molecule has 2 rings (SSSR count). The molecule has 0 bridgehead atoms. The zero-order valence-corrected chi connectivity index (χ0v) is 9.93. The second-order valence-corrected chi connectivity index (χ2v) is 4.72. The van der Waals surface area contributed by atoms with E-state index in [0.29, 0.717) is 11.6 Å². The summed E-state index contributed by atoms with van der Waals surface area (Å²) in [5.74, 6) is -0.880. The van der Waals surface area contributed by atoms with Gasteiger partial charge in [0.1, 0.15) is 11.6 Å². The molecule has 16 heavy (non-hydrogen) atoms. The van der Waals surface area contributed by atoms with Gasteiger partial charge in [0.05, 0.1) is 0 Å². The maximum atomic E-state index is 13.8.